The number of aryl methyl sites for hydroxylation is 1. The number of fused-ring (bicyclic) bond motifs is 5. The molecule has 0 aromatic heterocycles. The molecule has 210 valence electrons. The summed E-state index contributed by atoms with van der Waals surface area (Å²) in [5, 5.41) is 0. The number of ketones is 2. The normalized spacial score (nSPS) is 35.2. The standard InChI is InChI=1S/C33H42O6/c1-4-38-30(37)39-33(22(2)35)19-15-29-27-12-11-25-20-26(36)13-17-31(25,3)28(27)14-18-32(29,33)16-5-6-23-7-9-24(21-34)10-8-23/h7-11,21,27-29H,4-6,12-20H2,1-3H3/t27-,28-,29+,31-,32+,33+/m1/s1. The van der Waals surface area contributed by atoms with Gasteiger partial charge in [0.1, 0.15) is 12.1 Å². The van der Waals surface area contributed by atoms with Crippen molar-refractivity contribution in [1.29, 1.82) is 0 Å². The molecular weight excluding hydrogens is 492 g/mol. The van der Waals surface area contributed by atoms with Gasteiger partial charge in [-0.2, -0.15) is 0 Å². The molecule has 6 atom stereocenters. The van der Waals surface area contributed by atoms with Gasteiger partial charge in [-0.25, -0.2) is 4.79 Å². The maximum atomic E-state index is 13.5. The van der Waals surface area contributed by atoms with Crippen LogP contribution in [0.1, 0.15) is 101 Å². The molecule has 0 radical (unpaired) electrons. The highest BCUT2D eigenvalue weighted by Crippen LogP contribution is 2.69. The number of rotatable bonds is 8. The molecule has 4 aliphatic rings. The number of ether oxygens (including phenoxy) is 2. The van der Waals surface area contributed by atoms with E-state index in [1.54, 1.807) is 13.8 Å². The van der Waals surface area contributed by atoms with Gasteiger partial charge in [-0.1, -0.05) is 42.8 Å². The number of hydrogen-bond acceptors (Lipinski definition) is 6. The van der Waals surface area contributed by atoms with Gasteiger partial charge in [0.15, 0.2) is 11.4 Å². The van der Waals surface area contributed by atoms with Crippen molar-refractivity contribution in [3.8, 4) is 0 Å². The molecule has 5 rings (SSSR count). The highest BCUT2D eigenvalue weighted by atomic mass is 16.7. The molecule has 1 aromatic rings. The molecule has 6 heteroatoms. The van der Waals surface area contributed by atoms with Crippen molar-refractivity contribution in [2.24, 2.45) is 28.6 Å². The van der Waals surface area contributed by atoms with Gasteiger partial charge in [0.05, 0.1) is 6.61 Å². The van der Waals surface area contributed by atoms with E-state index in [1.165, 1.54) is 5.57 Å². The van der Waals surface area contributed by atoms with Crippen LogP contribution in [0.2, 0.25) is 0 Å². The maximum absolute atomic E-state index is 13.5. The third-order valence-electron chi connectivity index (χ3n) is 11.0. The van der Waals surface area contributed by atoms with Crippen LogP contribution in [0.25, 0.3) is 0 Å². The monoisotopic (exact) mass is 534 g/mol. The van der Waals surface area contributed by atoms with Crippen LogP contribution in [0.5, 0.6) is 0 Å². The summed E-state index contributed by atoms with van der Waals surface area (Å²) in [4.78, 5) is 49.7. The van der Waals surface area contributed by atoms with Crippen LogP contribution in [0.4, 0.5) is 4.79 Å². The van der Waals surface area contributed by atoms with Crippen molar-refractivity contribution in [2.75, 3.05) is 6.61 Å². The van der Waals surface area contributed by atoms with E-state index < -0.39 is 17.2 Å². The lowest BCUT2D eigenvalue weighted by Crippen LogP contribution is -2.60. The zero-order chi connectivity index (χ0) is 27.8. The van der Waals surface area contributed by atoms with Gasteiger partial charge in [0.2, 0.25) is 0 Å². The van der Waals surface area contributed by atoms with Crippen molar-refractivity contribution >= 4 is 24.0 Å². The lowest BCUT2D eigenvalue weighted by molar-refractivity contribution is -0.170. The van der Waals surface area contributed by atoms with E-state index in [9.17, 15) is 19.2 Å². The molecule has 39 heavy (non-hydrogen) atoms. The van der Waals surface area contributed by atoms with Crippen molar-refractivity contribution < 1.29 is 28.7 Å². The van der Waals surface area contributed by atoms with Crippen LogP contribution in [0.15, 0.2) is 35.9 Å². The summed E-state index contributed by atoms with van der Waals surface area (Å²) in [6, 6.07) is 7.68. The van der Waals surface area contributed by atoms with Crippen LogP contribution in [0, 0.1) is 28.6 Å². The molecule has 6 nitrogen and oxygen atoms in total. The predicted octanol–water partition coefficient (Wildman–Crippen LogP) is 6.83. The van der Waals surface area contributed by atoms with Crippen molar-refractivity contribution in [3.05, 3.63) is 47.0 Å². The van der Waals surface area contributed by atoms with Gasteiger partial charge in [-0.3, -0.25) is 14.4 Å². The van der Waals surface area contributed by atoms with Gasteiger partial charge in [-0.05, 0) is 100 Å². The summed E-state index contributed by atoms with van der Waals surface area (Å²) < 4.78 is 11.3. The molecule has 1 aromatic carbocycles. The lowest BCUT2D eigenvalue weighted by Gasteiger charge is -2.59. The van der Waals surface area contributed by atoms with E-state index in [1.807, 2.05) is 24.3 Å². The van der Waals surface area contributed by atoms with E-state index in [0.29, 0.717) is 42.4 Å². The highest BCUT2D eigenvalue weighted by molar-refractivity contribution is 5.88. The Hall–Kier alpha value is -2.76. The Bertz CT molecular complexity index is 1170. The number of aldehydes is 1. The van der Waals surface area contributed by atoms with Crippen LogP contribution < -0.4 is 0 Å². The fourth-order valence-corrected chi connectivity index (χ4v) is 9.22. The van der Waals surface area contributed by atoms with Gasteiger partial charge < -0.3 is 9.47 Å². The van der Waals surface area contributed by atoms with Crippen molar-refractivity contribution in [2.45, 2.75) is 97.0 Å². The minimum Gasteiger partial charge on any atom is -0.435 e. The number of carbonyl (C=O) groups excluding carboxylic acids is 4. The number of hydrogen-bond donors (Lipinski definition) is 0. The summed E-state index contributed by atoms with van der Waals surface area (Å²) in [5.74, 6) is 1.42. The molecule has 0 bridgehead atoms. The van der Waals surface area contributed by atoms with Crippen LogP contribution >= 0.6 is 0 Å². The van der Waals surface area contributed by atoms with Gasteiger partial charge in [-0.15, -0.1) is 0 Å². The Kier molecular flexibility index (Phi) is 7.60. The van der Waals surface area contributed by atoms with E-state index in [-0.39, 0.29) is 23.7 Å². The zero-order valence-corrected chi connectivity index (χ0v) is 23.6. The van der Waals surface area contributed by atoms with E-state index in [2.05, 4.69) is 13.0 Å². The topological polar surface area (TPSA) is 86.7 Å². The molecule has 0 amide bonds. The van der Waals surface area contributed by atoms with Gasteiger partial charge in [0, 0.05) is 23.8 Å². The van der Waals surface area contributed by atoms with Crippen LogP contribution in [0.3, 0.4) is 0 Å². The first-order valence-electron chi connectivity index (χ1n) is 14.8. The predicted molar refractivity (Wildman–Crippen MR) is 147 cm³/mol. The van der Waals surface area contributed by atoms with Crippen molar-refractivity contribution in [1.82, 2.24) is 0 Å². The van der Waals surface area contributed by atoms with Crippen LogP contribution in [-0.2, 0) is 25.5 Å². The Morgan fingerprint density at radius 1 is 1.08 bits per heavy atom. The molecule has 0 heterocycles. The first-order chi connectivity index (χ1) is 18.7. The average Bonchev–Trinajstić information content (AvgIpc) is 3.25. The van der Waals surface area contributed by atoms with E-state index >= 15 is 0 Å². The Morgan fingerprint density at radius 2 is 1.82 bits per heavy atom. The third kappa shape index (κ3) is 4.58. The quantitative estimate of drug-likeness (QED) is 0.206. The second-order valence-electron chi connectivity index (χ2n) is 12.6. The number of allylic oxidation sites excluding steroid dienone is 2. The molecule has 4 aliphatic carbocycles. The molecule has 0 N–H and O–H groups in total. The molecule has 3 saturated carbocycles. The van der Waals surface area contributed by atoms with E-state index in [0.717, 1.165) is 63.2 Å². The third-order valence-corrected chi connectivity index (χ3v) is 11.0. The van der Waals surface area contributed by atoms with Crippen molar-refractivity contribution in [3.63, 3.8) is 0 Å². The maximum Gasteiger partial charge on any atom is 0.509 e. The summed E-state index contributed by atoms with van der Waals surface area (Å²) in [7, 11) is 0. The Morgan fingerprint density at radius 3 is 2.51 bits per heavy atom. The minimum absolute atomic E-state index is 0.0345. The average molecular weight is 535 g/mol. The first kappa shape index (κ1) is 27.8. The summed E-state index contributed by atoms with van der Waals surface area (Å²) >= 11 is 0. The van der Waals surface area contributed by atoms with E-state index in [4.69, 9.17) is 9.47 Å². The fourth-order valence-electron chi connectivity index (χ4n) is 9.22. The lowest BCUT2D eigenvalue weighted by atomic mass is 9.45. The Balaban J connectivity index is 1.48. The second kappa shape index (κ2) is 10.7. The second-order valence-corrected chi connectivity index (χ2v) is 12.6. The smallest absolute Gasteiger partial charge is 0.435 e. The summed E-state index contributed by atoms with van der Waals surface area (Å²) in [5.41, 5.74) is 1.56. The van der Waals surface area contributed by atoms with Crippen LogP contribution in [-0.4, -0.2) is 36.2 Å². The first-order valence-corrected chi connectivity index (χ1v) is 14.8. The number of carbonyl (C=O) groups is 4. The minimum atomic E-state index is -1.18. The molecular formula is C33H42O6. The summed E-state index contributed by atoms with van der Waals surface area (Å²) in [6.07, 6.45) is 11.2. The SMILES string of the molecule is CCOC(=O)O[C@]1(C(C)=O)CC[C@H]2[C@@H]3CC=C4CC(=O)CC[C@@]4(C)[C@@H]3CC[C@@]21CCCc1ccc(C=O)cc1. The van der Waals surface area contributed by atoms with Gasteiger partial charge in [0.25, 0.3) is 0 Å². The Labute approximate surface area is 231 Å². The number of Topliss-reactive ketones (excluding diaryl/α,β-unsaturated/α-hetero) is 2. The molecule has 0 saturated heterocycles. The van der Waals surface area contributed by atoms with Gasteiger partial charge >= 0.3 is 6.16 Å². The molecule has 3 fully saturated rings. The largest absolute Gasteiger partial charge is 0.509 e. The fraction of sp³-hybridized carbons (Fsp3) is 0.636. The highest BCUT2D eigenvalue weighted by Gasteiger charge is 2.69. The summed E-state index contributed by atoms with van der Waals surface area (Å²) in [6.45, 7) is 5.90. The zero-order valence-electron chi connectivity index (χ0n) is 23.6. The molecule has 0 unspecified atom stereocenters. The number of benzene rings is 1. The molecule has 0 spiro atoms. The molecule has 0 aliphatic heterocycles.